The molecular formula is C30H36N2O4. The van der Waals surface area contributed by atoms with Crippen molar-refractivity contribution >= 4 is 11.8 Å². The zero-order chi connectivity index (χ0) is 25.8. The van der Waals surface area contributed by atoms with Gasteiger partial charge in [-0.05, 0) is 36.6 Å². The molecule has 0 saturated heterocycles. The Hall–Kier alpha value is -3.80. The van der Waals surface area contributed by atoms with E-state index in [1.54, 1.807) is 24.1 Å². The van der Waals surface area contributed by atoms with E-state index in [1.165, 1.54) is 0 Å². The molecule has 0 spiro atoms. The molecule has 0 aromatic heterocycles. The first-order valence-electron chi connectivity index (χ1n) is 12.4. The molecule has 6 nitrogen and oxygen atoms in total. The molecule has 0 radical (unpaired) electrons. The smallest absolute Gasteiger partial charge is 0.261 e. The van der Waals surface area contributed by atoms with Gasteiger partial charge in [-0.3, -0.25) is 9.59 Å². The molecule has 0 heterocycles. The zero-order valence-corrected chi connectivity index (χ0v) is 21.4. The molecule has 3 rings (SSSR count). The van der Waals surface area contributed by atoms with Crippen molar-refractivity contribution in [2.24, 2.45) is 0 Å². The van der Waals surface area contributed by atoms with Crippen LogP contribution in [-0.4, -0.2) is 43.0 Å². The summed E-state index contributed by atoms with van der Waals surface area (Å²) in [5.74, 6) is 0.599. The second kappa shape index (κ2) is 13.9. The Morgan fingerprint density at radius 1 is 0.889 bits per heavy atom. The highest BCUT2D eigenvalue weighted by Crippen LogP contribution is 2.26. The zero-order valence-electron chi connectivity index (χ0n) is 21.4. The predicted octanol–water partition coefficient (Wildman–Crippen LogP) is 4.94. The maximum atomic E-state index is 13.6. The van der Waals surface area contributed by atoms with E-state index in [0.717, 1.165) is 29.5 Å². The summed E-state index contributed by atoms with van der Waals surface area (Å²) in [6, 6.07) is 24.3. The van der Waals surface area contributed by atoms with E-state index in [4.69, 9.17) is 9.47 Å². The van der Waals surface area contributed by atoms with Crippen LogP contribution in [0.25, 0.3) is 0 Å². The minimum atomic E-state index is -0.681. The van der Waals surface area contributed by atoms with Crippen LogP contribution in [-0.2, 0) is 22.6 Å². The van der Waals surface area contributed by atoms with Crippen LogP contribution in [0.3, 0.4) is 0 Å². The molecule has 0 aliphatic heterocycles. The SMILES string of the molecule is CCCCNC(=O)[C@@H](Cc1ccccc1)N(Cc1ccc(C)cc1)C(=O)COc1ccccc1OC. The van der Waals surface area contributed by atoms with Gasteiger partial charge in [0.2, 0.25) is 5.91 Å². The minimum absolute atomic E-state index is 0.162. The van der Waals surface area contributed by atoms with Crippen LogP contribution in [0.5, 0.6) is 11.5 Å². The van der Waals surface area contributed by atoms with E-state index in [1.807, 2.05) is 73.7 Å². The summed E-state index contributed by atoms with van der Waals surface area (Å²) in [6.45, 7) is 4.76. The number of nitrogens with zero attached hydrogens (tertiary/aromatic N) is 1. The molecule has 0 saturated carbocycles. The van der Waals surface area contributed by atoms with Gasteiger partial charge in [0.1, 0.15) is 6.04 Å². The number of amides is 2. The summed E-state index contributed by atoms with van der Waals surface area (Å²) in [5.41, 5.74) is 3.07. The highest BCUT2D eigenvalue weighted by atomic mass is 16.5. The highest BCUT2D eigenvalue weighted by molar-refractivity contribution is 5.88. The van der Waals surface area contributed by atoms with Crippen molar-refractivity contribution in [3.63, 3.8) is 0 Å². The van der Waals surface area contributed by atoms with Gasteiger partial charge >= 0.3 is 0 Å². The quantitative estimate of drug-likeness (QED) is 0.346. The van der Waals surface area contributed by atoms with Crippen molar-refractivity contribution in [1.29, 1.82) is 0 Å². The molecule has 3 aromatic carbocycles. The third-order valence-electron chi connectivity index (χ3n) is 5.99. The van der Waals surface area contributed by atoms with E-state index in [9.17, 15) is 9.59 Å². The fraction of sp³-hybridized carbons (Fsp3) is 0.333. The second-order valence-corrected chi connectivity index (χ2v) is 8.80. The van der Waals surface area contributed by atoms with Gasteiger partial charge in [-0.1, -0.05) is 85.6 Å². The normalized spacial score (nSPS) is 11.4. The van der Waals surface area contributed by atoms with Crippen LogP contribution in [0, 0.1) is 6.92 Å². The number of methoxy groups -OCH3 is 1. The average molecular weight is 489 g/mol. The number of benzene rings is 3. The van der Waals surface area contributed by atoms with Gasteiger partial charge in [0.25, 0.3) is 5.91 Å². The third kappa shape index (κ3) is 7.87. The summed E-state index contributed by atoms with van der Waals surface area (Å²) in [6.07, 6.45) is 2.26. The molecule has 6 heteroatoms. The number of carbonyl (C=O) groups is 2. The number of nitrogens with one attached hydrogen (secondary N) is 1. The molecule has 0 unspecified atom stereocenters. The lowest BCUT2D eigenvalue weighted by Crippen LogP contribution is -2.51. The largest absolute Gasteiger partial charge is 0.493 e. The average Bonchev–Trinajstić information content (AvgIpc) is 2.91. The Morgan fingerprint density at radius 3 is 2.22 bits per heavy atom. The van der Waals surface area contributed by atoms with Gasteiger partial charge in [0.05, 0.1) is 7.11 Å². The van der Waals surface area contributed by atoms with Crippen molar-refractivity contribution in [3.05, 3.63) is 95.6 Å². The standard InChI is InChI=1S/C30H36N2O4/c1-4-5-19-31-30(34)26(20-24-11-7-6-8-12-24)32(21-25-17-15-23(2)16-18-25)29(33)22-36-28-14-10-9-13-27(28)35-3/h6-18,26H,4-5,19-22H2,1-3H3,(H,31,34)/t26-/m1/s1. The molecule has 2 amide bonds. The maximum Gasteiger partial charge on any atom is 0.261 e. The van der Waals surface area contributed by atoms with E-state index in [0.29, 0.717) is 31.0 Å². The van der Waals surface area contributed by atoms with Crippen molar-refractivity contribution in [1.82, 2.24) is 10.2 Å². The number of rotatable bonds is 13. The fourth-order valence-corrected chi connectivity index (χ4v) is 3.91. The lowest BCUT2D eigenvalue weighted by atomic mass is 10.0. The van der Waals surface area contributed by atoms with Crippen molar-refractivity contribution < 1.29 is 19.1 Å². The monoisotopic (exact) mass is 488 g/mol. The molecule has 0 bridgehead atoms. The van der Waals surface area contributed by atoms with E-state index in [2.05, 4.69) is 12.2 Å². The summed E-state index contributed by atoms with van der Waals surface area (Å²) >= 11 is 0. The molecular weight excluding hydrogens is 452 g/mol. The van der Waals surface area contributed by atoms with Crippen LogP contribution in [0.1, 0.15) is 36.5 Å². The molecule has 190 valence electrons. The Kier molecular flexibility index (Phi) is 10.4. The van der Waals surface area contributed by atoms with Crippen molar-refractivity contribution in [2.45, 2.75) is 45.7 Å². The number of hydrogen-bond donors (Lipinski definition) is 1. The van der Waals surface area contributed by atoms with Gasteiger partial charge < -0.3 is 19.7 Å². The van der Waals surface area contributed by atoms with E-state index >= 15 is 0 Å². The number of carbonyl (C=O) groups excluding carboxylic acids is 2. The summed E-state index contributed by atoms with van der Waals surface area (Å²) < 4.78 is 11.2. The Labute approximate surface area is 214 Å². The van der Waals surface area contributed by atoms with Crippen LogP contribution in [0.15, 0.2) is 78.9 Å². The van der Waals surface area contributed by atoms with Gasteiger partial charge in [-0.25, -0.2) is 0 Å². The number of hydrogen-bond acceptors (Lipinski definition) is 4. The van der Waals surface area contributed by atoms with E-state index < -0.39 is 6.04 Å². The second-order valence-electron chi connectivity index (χ2n) is 8.80. The van der Waals surface area contributed by atoms with Crippen molar-refractivity contribution in [2.75, 3.05) is 20.3 Å². The molecule has 0 aliphatic rings. The topological polar surface area (TPSA) is 67.9 Å². The Bertz CT molecular complexity index is 1100. The first-order chi connectivity index (χ1) is 17.5. The van der Waals surface area contributed by atoms with Gasteiger partial charge in [0.15, 0.2) is 18.1 Å². The Balaban J connectivity index is 1.89. The summed E-state index contributed by atoms with van der Waals surface area (Å²) in [5, 5.41) is 3.03. The lowest BCUT2D eigenvalue weighted by molar-refractivity contribution is -0.142. The minimum Gasteiger partial charge on any atom is -0.493 e. The third-order valence-corrected chi connectivity index (χ3v) is 5.99. The number of para-hydroxylation sites is 2. The van der Waals surface area contributed by atoms with Crippen LogP contribution in [0.4, 0.5) is 0 Å². The predicted molar refractivity (Wildman–Crippen MR) is 142 cm³/mol. The molecule has 3 aromatic rings. The van der Waals surface area contributed by atoms with Crippen molar-refractivity contribution in [3.8, 4) is 11.5 Å². The summed E-state index contributed by atoms with van der Waals surface area (Å²) in [4.78, 5) is 28.7. The molecule has 36 heavy (non-hydrogen) atoms. The van der Waals surface area contributed by atoms with Gasteiger partial charge in [-0.2, -0.15) is 0 Å². The van der Waals surface area contributed by atoms with Gasteiger partial charge in [0, 0.05) is 19.5 Å². The number of aryl methyl sites for hydroxylation is 1. The van der Waals surface area contributed by atoms with Crippen LogP contribution in [0.2, 0.25) is 0 Å². The number of ether oxygens (including phenoxy) is 2. The highest BCUT2D eigenvalue weighted by Gasteiger charge is 2.30. The lowest BCUT2D eigenvalue weighted by Gasteiger charge is -2.31. The molecule has 0 aliphatic carbocycles. The van der Waals surface area contributed by atoms with Crippen LogP contribution < -0.4 is 14.8 Å². The number of unbranched alkanes of at least 4 members (excludes halogenated alkanes) is 1. The van der Waals surface area contributed by atoms with Crippen LogP contribution >= 0.6 is 0 Å². The fourth-order valence-electron chi connectivity index (χ4n) is 3.91. The maximum absolute atomic E-state index is 13.6. The first-order valence-corrected chi connectivity index (χ1v) is 12.4. The van der Waals surface area contributed by atoms with E-state index in [-0.39, 0.29) is 18.4 Å². The molecule has 0 fully saturated rings. The Morgan fingerprint density at radius 2 is 1.56 bits per heavy atom. The molecule has 1 N–H and O–H groups in total. The first kappa shape index (κ1) is 26.8. The van der Waals surface area contributed by atoms with Gasteiger partial charge in [-0.15, -0.1) is 0 Å². The molecule has 1 atom stereocenters. The summed E-state index contributed by atoms with van der Waals surface area (Å²) in [7, 11) is 1.56.